The van der Waals surface area contributed by atoms with Crippen LogP contribution in [0.3, 0.4) is 0 Å². The van der Waals surface area contributed by atoms with Crippen molar-refractivity contribution in [3.8, 4) is 22.6 Å². The summed E-state index contributed by atoms with van der Waals surface area (Å²) in [6, 6.07) is 26.6. The first-order valence-electron chi connectivity index (χ1n) is 8.03. The van der Waals surface area contributed by atoms with Crippen molar-refractivity contribution in [3.63, 3.8) is 0 Å². The van der Waals surface area contributed by atoms with Crippen LogP contribution in [0.25, 0.3) is 22.0 Å². The van der Waals surface area contributed by atoms with E-state index in [9.17, 15) is 5.11 Å². The molecule has 1 heterocycles. The Bertz CT molecular complexity index is 970. The van der Waals surface area contributed by atoms with Gasteiger partial charge >= 0.3 is 0 Å². The number of fused-ring (bicyclic) bond motifs is 1. The molecule has 0 amide bonds. The van der Waals surface area contributed by atoms with Crippen LogP contribution in [0.5, 0.6) is 11.5 Å². The summed E-state index contributed by atoms with van der Waals surface area (Å²) < 4.78 is 0. The van der Waals surface area contributed by atoms with Crippen molar-refractivity contribution in [1.82, 2.24) is 4.98 Å². The molecule has 0 atom stereocenters. The molecule has 0 bridgehead atoms. The lowest BCUT2D eigenvalue weighted by molar-refractivity contribution is 0.475. The molecule has 4 rings (SSSR count). The molecule has 0 aliphatic heterocycles. The van der Waals surface area contributed by atoms with Crippen LogP contribution >= 0.6 is 0 Å². The molecule has 26 heavy (non-hydrogen) atoms. The Morgan fingerprint density at radius 1 is 0.654 bits per heavy atom. The smallest absolute Gasteiger partial charge is 0.187 e. The summed E-state index contributed by atoms with van der Waals surface area (Å²) in [5.41, 5.74) is 3.89. The summed E-state index contributed by atoms with van der Waals surface area (Å²) in [6.45, 7) is 1.91. The minimum atomic E-state index is 0. The zero-order valence-electron chi connectivity index (χ0n) is 13.9. The molecule has 3 aromatic carbocycles. The van der Waals surface area contributed by atoms with Crippen molar-refractivity contribution in [2.24, 2.45) is 0 Å². The van der Waals surface area contributed by atoms with E-state index in [-0.39, 0.29) is 23.1 Å². The van der Waals surface area contributed by atoms with Gasteiger partial charge in [0.2, 0.25) is 0 Å². The second-order valence-electron chi connectivity index (χ2n) is 5.71. The van der Waals surface area contributed by atoms with E-state index in [0.717, 1.165) is 16.6 Å². The number of rotatable bonds is 1. The molecule has 0 fully saturated rings. The average Bonchev–Trinajstić information content (AvgIpc) is 2.64. The van der Waals surface area contributed by atoms with Crippen molar-refractivity contribution in [3.05, 3.63) is 90.6 Å². The van der Waals surface area contributed by atoms with Gasteiger partial charge in [0.1, 0.15) is 17.0 Å². The number of aromatic hydroxyl groups is 2. The first kappa shape index (κ1) is 19.5. The lowest BCUT2D eigenvalue weighted by Gasteiger charge is -2.00. The van der Waals surface area contributed by atoms with Gasteiger partial charge in [-0.1, -0.05) is 60.7 Å². The van der Waals surface area contributed by atoms with Crippen molar-refractivity contribution >= 4 is 28.3 Å². The topological polar surface area (TPSA) is 53.4 Å². The third kappa shape index (κ3) is 4.86. The van der Waals surface area contributed by atoms with Gasteiger partial charge in [0, 0.05) is 11.1 Å². The Kier molecular flexibility index (Phi) is 6.80. The molecule has 1 aromatic heterocycles. The molecular weight excluding hydrogens is 337 g/mol. The van der Waals surface area contributed by atoms with Crippen LogP contribution in [0.4, 0.5) is 0 Å². The maximum absolute atomic E-state index is 9.43. The minimum absolute atomic E-state index is 0. The number of hydrogen-bond donors (Lipinski definition) is 2. The van der Waals surface area contributed by atoms with Gasteiger partial charge in [0.15, 0.2) is 17.4 Å². The van der Waals surface area contributed by atoms with Gasteiger partial charge in [-0.15, -0.1) is 0 Å². The SMILES string of the molecule is Cc1ccc2cccc(O)c2n1.Oc1ccc(-c2ccccc2)cc1.[AlH3]. The highest BCUT2D eigenvalue weighted by Gasteiger charge is 1.99. The predicted molar refractivity (Wildman–Crippen MR) is 112 cm³/mol. The number of hydrogen-bond acceptors (Lipinski definition) is 3. The summed E-state index contributed by atoms with van der Waals surface area (Å²) >= 11 is 0. The molecule has 0 saturated heterocycles. The monoisotopic (exact) mass is 359 g/mol. The maximum atomic E-state index is 9.43. The first-order valence-corrected chi connectivity index (χ1v) is 8.03. The number of nitrogens with zero attached hydrogens (tertiary/aromatic N) is 1. The summed E-state index contributed by atoms with van der Waals surface area (Å²) in [7, 11) is 0. The van der Waals surface area contributed by atoms with Crippen molar-refractivity contribution in [2.45, 2.75) is 6.92 Å². The molecule has 0 saturated carbocycles. The van der Waals surface area contributed by atoms with Gasteiger partial charge in [-0.2, -0.15) is 0 Å². The third-order valence-electron chi connectivity index (χ3n) is 3.81. The lowest BCUT2D eigenvalue weighted by atomic mass is 10.1. The fourth-order valence-corrected chi connectivity index (χ4v) is 2.51. The van der Waals surface area contributed by atoms with E-state index in [0.29, 0.717) is 11.3 Å². The summed E-state index contributed by atoms with van der Waals surface area (Å²) in [4.78, 5) is 4.23. The minimum Gasteiger partial charge on any atom is -0.508 e. The molecule has 4 heteroatoms. The highest BCUT2D eigenvalue weighted by Crippen LogP contribution is 2.22. The summed E-state index contributed by atoms with van der Waals surface area (Å²) in [5, 5.41) is 19.5. The van der Waals surface area contributed by atoms with E-state index in [1.807, 2.05) is 73.7 Å². The van der Waals surface area contributed by atoms with Gasteiger partial charge in [0.05, 0.1) is 0 Å². The van der Waals surface area contributed by atoms with Gasteiger partial charge in [-0.05, 0) is 42.3 Å². The molecule has 3 nitrogen and oxygen atoms in total. The highest BCUT2D eigenvalue weighted by molar-refractivity contribution is 5.84. The van der Waals surface area contributed by atoms with E-state index < -0.39 is 0 Å². The number of pyridine rings is 1. The van der Waals surface area contributed by atoms with E-state index in [1.54, 1.807) is 18.2 Å². The van der Waals surface area contributed by atoms with Crippen LogP contribution in [0, 0.1) is 6.92 Å². The van der Waals surface area contributed by atoms with E-state index >= 15 is 0 Å². The number of aryl methyl sites for hydroxylation is 1. The van der Waals surface area contributed by atoms with Crippen LogP contribution in [-0.2, 0) is 0 Å². The fraction of sp³-hybridized carbons (Fsp3) is 0.0455. The Labute approximate surface area is 163 Å². The largest absolute Gasteiger partial charge is 0.508 e. The summed E-state index contributed by atoms with van der Waals surface area (Å²) in [6.07, 6.45) is 0. The normalized spacial score (nSPS) is 9.73. The third-order valence-corrected chi connectivity index (χ3v) is 3.81. The van der Waals surface area contributed by atoms with E-state index in [2.05, 4.69) is 4.98 Å². The number of benzene rings is 3. The molecule has 0 spiro atoms. The molecule has 0 aliphatic rings. The van der Waals surface area contributed by atoms with Gasteiger partial charge in [0.25, 0.3) is 0 Å². The zero-order chi connectivity index (χ0) is 17.6. The second-order valence-corrected chi connectivity index (χ2v) is 5.71. The summed E-state index contributed by atoms with van der Waals surface area (Å²) in [5.74, 6) is 0.552. The van der Waals surface area contributed by atoms with Crippen LogP contribution < -0.4 is 0 Å². The van der Waals surface area contributed by atoms with Gasteiger partial charge < -0.3 is 10.2 Å². The van der Waals surface area contributed by atoms with Crippen LogP contribution in [0.2, 0.25) is 0 Å². The average molecular weight is 359 g/mol. The van der Waals surface area contributed by atoms with Crippen LogP contribution in [0.15, 0.2) is 84.9 Å². The van der Waals surface area contributed by atoms with Crippen LogP contribution in [0.1, 0.15) is 5.69 Å². The Hall–Kier alpha value is -2.80. The van der Waals surface area contributed by atoms with Crippen molar-refractivity contribution in [1.29, 1.82) is 0 Å². The quantitative estimate of drug-likeness (QED) is 0.503. The number of phenolic OH excluding ortho intramolecular Hbond substituents is 2. The number of aromatic nitrogens is 1. The van der Waals surface area contributed by atoms with Crippen molar-refractivity contribution < 1.29 is 10.2 Å². The van der Waals surface area contributed by atoms with Gasteiger partial charge in [-0.25, -0.2) is 4.98 Å². The van der Waals surface area contributed by atoms with Crippen molar-refractivity contribution in [2.75, 3.05) is 0 Å². The zero-order valence-corrected chi connectivity index (χ0v) is 13.9. The van der Waals surface area contributed by atoms with Gasteiger partial charge in [-0.3, -0.25) is 0 Å². The number of phenols is 2. The Balaban J connectivity index is 0.000000180. The molecule has 0 unspecified atom stereocenters. The van der Waals surface area contributed by atoms with E-state index in [1.165, 1.54) is 5.56 Å². The predicted octanol–water partition coefficient (Wildman–Crippen LogP) is 4.12. The second kappa shape index (κ2) is 9.05. The fourth-order valence-electron chi connectivity index (χ4n) is 2.51. The molecule has 130 valence electrons. The first-order chi connectivity index (χ1) is 12.1. The Morgan fingerprint density at radius 3 is 2.00 bits per heavy atom. The van der Waals surface area contributed by atoms with E-state index in [4.69, 9.17) is 5.11 Å². The molecule has 2 N–H and O–H groups in total. The Morgan fingerprint density at radius 2 is 1.31 bits per heavy atom. The maximum Gasteiger partial charge on any atom is 0.187 e. The molecule has 4 aromatic rings. The molecule has 0 radical (unpaired) electrons. The lowest BCUT2D eigenvalue weighted by Crippen LogP contribution is -1.82. The molecular formula is C22H22AlNO2. The highest BCUT2D eigenvalue weighted by atomic mass is 27.0. The standard InChI is InChI=1S/C12H10O.C10H9NO.Al.3H/c13-12-8-6-11(7-9-12)10-4-2-1-3-5-10;1-7-5-6-8-3-2-4-9(12)10(8)11-7;;;;/h1-9,13H;2-6,12H,1H3;;;;. The number of para-hydroxylation sites is 1. The van der Waals surface area contributed by atoms with Crippen LogP contribution in [-0.4, -0.2) is 32.6 Å². The molecule has 0 aliphatic carbocycles.